The molecule has 0 radical (unpaired) electrons. The lowest BCUT2D eigenvalue weighted by molar-refractivity contribution is -0.140. The molecule has 0 amide bonds. The molecule has 1 atom stereocenters. The summed E-state index contributed by atoms with van der Waals surface area (Å²) in [6, 6.07) is 3.29. The van der Waals surface area contributed by atoms with Crippen LogP contribution < -0.4 is 5.73 Å². The van der Waals surface area contributed by atoms with Crippen LogP contribution in [0.4, 0.5) is 0 Å². The predicted octanol–water partition coefficient (Wildman–Crippen LogP) is 2.00. The van der Waals surface area contributed by atoms with Gasteiger partial charge in [0.15, 0.2) is 4.67 Å². The highest BCUT2D eigenvalue weighted by atomic mass is 79.9. The molecule has 14 heavy (non-hydrogen) atoms. The molecule has 0 aliphatic carbocycles. The van der Waals surface area contributed by atoms with Gasteiger partial charge in [-0.25, -0.2) is 0 Å². The van der Waals surface area contributed by atoms with E-state index in [0.717, 1.165) is 0 Å². The van der Waals surface area contributed by atoms with Crippen LogP contribution in [-0.4, -0.2) is 13.1 Å². The number of methoxy groups -OCH3 is 1. The Hall–Kier alpha value is -0.810. The SMILES string of the molecule is COC(=O)CCC(N)c1ccc(Br)o1. The quantitative estimate of drug-likeness (QED) is 0.843. The Morgan fingerprint density at radius 2 is 2.43 bits per heavy atom. The fourth-order valence-electron chi connectivity index (χ4n) is 1.05. The Labute approximate surface area is 90.5 Å². The van der Waals surface area contributed by atoms with Gasteiger partial charge in [-0.15, -0.1) is 0 Å². The molecule has 1 aromatic rings. The molecule has 0 aliphatic rings. The average molecular weight is 262 g/mol. The Morgan fingerprint density at radius 1 is 1.71 bits per heavy atom. The van der Waals surface area contributed by atoms with Crippen molar-refractivity contribution < 1.29 is 13.9 Å². The number of ether oxygens (including phenoxy) is 1. The van der Waals surface area contributed by atoms with Crippen LogP contribution >= 0.6 is 15.9 Å². The van der Waals surface area contributed by atoms with Crippen molar-refractivity contribution in [1.82, 2.24) is 0 Å². The lowest BCUT2D eigenvalue weighted by Crippen LogP contribution is -2.12. The fourth-order valence-corrected chi connectivity index (χ4v) is 1.36. The van der Waals surface area contributed by atoms with Crippen LogP contribution in [0, 0.1) is 0 Å². The minimum Gasteiger partial charge on any atom is -0.469 e. The maximum atomic E-state index is 10.8. The third-order valence-electron chi connectivity index (χ3n) is 1.85. The van der Waals surface area contributed by atoms with Gasteiger partial charge in [0.05, 0.1) is 13.2 Å². The first kappa shape index (κ1) is 11.3. The highest BCUT2D eigenvalue weighted by molar-refractivity contribution is 9.10. The second-order valence-electron chi connectivity index (χ2n) is 2.86. The molecule has 4 nitrogen and oxygen atoms in total. The van der Waals surface area contributed by atoms with Gasteiger partial charge < -0.3 is 14.9 Å². The summed E-state index contributed by atoms with van der Waals surface area (Å²) in [7, 11) is 1.36. The second-order valence-corrected chi connectivity index (χ2v) is 3.64. The fraction of sp³-hybridized carbons (Fsp3) is 0.444. The first-order valence-electron chi connectivity index (χ1n) is 4.21. The van der Waals surface area contributed by atoms with Crippen molar-refractivity contribution in [3.63, 3.8) is 0 Å². The van der Waals surface area contributed by atoms with E-state index in [4.69, 9.17) is 10.2 Å². The summed E-state index contributed by atoms with van der Waals surface area (Å²) in [6.45, 7) is 0. The van der Waals surface area contributed by atoms with Gasteiger partial charge >= 0.3 is 5.97 Å². The molecular weight excluding hydrogens is 250 g/mol. The van der Waals surface area contributed by atoms with E-state index in [2.05, 4.69) is 20.7 Å². The zero-order valence-corrected chi connectivity index (χ0v) is 9.41. The highest BCUT2D eigenvalue weighted by Crippen LogP contribution is 2.21. The smallest absolute Gasteiger partial charge is 0.305 e. The summed E-state index contributed by atoms with van der Waals surface area (Å²) >= 11 is 3.18. The number of rotatable bonds is 4. The number of halogens is 1. The molecule has 1 heterocycles. The van der Waals surface area contributed by atoms with Crippen LogP contribution in [0.25, 0.3) is 0 Å². The van der Waals surface area contributed by atoms with E-state index >= 15 is 0 Å². The summed E-state index contributed by atoms with van der Waals surface area (Å²) < 4.78 is 10.4. The normalized spacial score (nSPS) is 12.5. The minimum absolute atomic E-state index is 0.258. The van der Waals surface area contributed by atoms with Crippen molar-refractivity contribution >= 4 is 21.9 Å². The third-order valence-corrected chi connectivity index (χ3v) is 2.27. The Kier molecular flexibility index (Phi) is 4.16. The maximum absolute atomic E-state index is 10.8. The summed E-state index contributed by atoms with van der Waals surface area (Å²) in [6.07, 6.45) is 0.822. The topological polar surface area (TPSA) is 65.5 Å². The van der Waals surface area contributed by atoms with Gasteiger partial charge in [0.25, 0.3) is 0 Å². The molecule has 0 saturated heterocycles. The van der Waals surface area contributed by atoms with Crippen LogP contribution in [0.2, 0.25) is 0 Å². The van der Waals surface area contributed by atoms with Crippen LogP contribution in [0.5, 0.6) is 0 Å². The van der Waals surface area contributed by atoms with E-state index in [1.54, 1.807) is 12.1 Å². The van der Waals surface area contributed by atoms with Crippen molar-refractivity contribution in [1.29, 1.82) is 0 Å². The van der Waals surface area contributed by atoms with Crippen molar-refractivity contribution in [2.75, 3.05) is 7.11 Å². The maximum Gasteiger partial charge on any atom is 0.305 e. The largest absolute Gasteiger partial charge is 0.469 e. The molecular formula is C9H12BrNO3. The number of carbonyl (C=O) groups is 1. The summed E-state index contributed by atoms with van der Waals surface area (Å²) in [4.78, 5) is 10.8. The van der Waals surface area contributed by atoms with Gasteiger partial charge in [-0.05, 0) is 34.5 Å². The van der Waals surface area contributed by atoms with E-state index in [0.29, 0.717) is 23.3 Å². The van der Waals surface area contributed by atoms with Gasteiger partial charge in [-0.3, -0.25) is 4.79 Å². The molecule has 0 fully saturated rings. The molecule has 0 bridgehead atoms. The first-order valence-corrected chi connectivity index (χ1v) is 5.00. The minimum atomic E-state index is -0.264. The van der Waals surface area contributed by atoms with Crippen molar-refractivity contribution in [3.05, 3.63) is 22.6 Å². The third kappa shape index (κ3) is 3.16. The van der Waals surface area contributed by atoms with Crippen molar-refractivity contribution in [2.45, 2.75) is 18.9 Å². The predicted molar refractivity (Wildman–Crippen MR) is 54.6 cm³/mol. The second kappa shape index (κ2) is 5.17. The van der Waals surface area contributed by atoms with Crippen LogP contribution in [0.1, 0.15) is 24.6 Å². The Bertz CT molecular complexity index is 311. The lowest BCUT2D eigenvalue weighted by atomic mass is 10.1. The van der Waals surface area contributed by atoms with Gasteiger partial charge in [0.2, 0.25) is 0 Å². The molecule has 0 aliphatic heterocycles. The standard InChI is InChI=1S/C9H12BrNO3/c1-13-9(12)5-2-6(11)7-3-4-8(10)14-7/h3-4,6H,2,5,11H2,1H3. The van der Waals surface area contributed by atoms with E-state index in [9.17, 15) is 4.79 Å². The molecule has 2 N–H and O–H groups in total. The van der Waals surface area contributed by atoms with Crippen molar-refractivity contribution in [2.24, 2.45) is 5.73 Å². The van der Waals surface area contributed by atoms with E-state index in [-0.39, 0.29) is 12.0 Å². The summed E-state index contributed by atoms with van der Waals surface area (Å²) in [5.74, 6) is 0.409. The van der Waals surface area contributed by atoms with Gasteiger partial charge in [0.1, 0.15) is 5.76 Å². The summed E-state index contributed by atoms with van der Waals surface area (Å²) in [5, 5.41) is 0. The number of hydrogen-bond donors (Lipinski definition) is 1. The van der Waals surface area contributed by atoms with Gasteiger partial charge in [-0.1, -0.05) is 0 Å². The number of furan rings is 1. The molecule has 0 spiro atoms. The lowest BCUT2D eigenvalue weighted by Gasteiger charge is -2.06. The van der Waals surface area contributed by atoms with E-state index in [1.807, 2.05) is 0 Å². The van der Waals surface area contributed by atoms with E-state index < -0.39 is 0 Å². The zero-order valence-electron chi connectivity index (χ0n) is 7.83. The summed E-state index contributed by atoms with van der Waals surface area (Å²) in [5.41, 5.74) is 5.79. The highest BCUT2D eigenvalue weighted by Gasteiger charge is 2.12. The van der Waals surface area contributed by atoms with Crippen LogP contribution in [0.15, 0.2) is 21.2 Å². The van der Waals surface area contributed by atoms with Gasteiger partial charge in [0, 0.05) is 6.42 Å². The molecule has 1 unspecified atom stereocenters. The van der Waals surface area contributed by atoms with Gasteiger partial charge in [-0.2, -0.15) is 0 Å². The number of nitrogens with two attached hydrogens (primary N) is 1. The van der Waals surface area contributed by atoms with E-state index in [1.165, 1.54) is 7.11 Å². The number of hydrogen-bond acceptors (Lipinski definition) is 4. The van der Waals surface area contributed by atoms with Crippen molar-refractivity contribution in [3.8, 4) is 0 Å². The molecule has 5 heteroatoms. The average Bonchev–Trinajstić information content (AvgIpc) is 2.60. The number of esters is 1. The van der Waals surface area contributed by atoms with Crippen LogP contribution in [0.3, 0.4) is 0 Å². The molecule has 1 rings (SSSR count). The Balaban J connectivity index is 2.42. The Morgan fingerprint density at radius 3 is 2.93 bits per heavy atom. The molecule has 0 saturated carbocycles. The zero-order chi connectivity index (χ0) is 10.6. The van der Waals surface area contributed by atoms with Crippen LogP contribution in [-0.2, 0) is 9.53 Å². The number of carbonyl (C=O) groups excluding carboxylic acids is 1. The molecule has 1 aromatic heterocycles. The molecule has 78 valence electrons. The molecule has 0 aromatic carbocycles. The monoisotopic (exact) mass is 261 g/mol. The first-order chi connectivity index (χ1) is 6.63.